The van der Waals surface area contributed by atoms with Crippen molar-refractivity contribution in [3.63, 3.8) is 0 Å². The van der Waals surface area contributed by atoms with E-state index in [1.165, 1.54) is 10.4 Å². The molecule has 0 amide bonds. The van der Waals surface area contributed by atoms with Gasteiger partial charge in [-0.05, 0) is 87.7 Å². The average molecular weight is 565 g/mol. The lowest BCUT2D eigenvalue weighted by atomic mass is 9.91. The molecule has 4 heterocycles. The number of piperidine rings is 1. The fraction of sp³-hybridized carbons (Fsp3) is 0.379. The molecule has 2 aliphatic heterocycles. The van der Waals surface area contributed by atoms with Gasteiger partial charge in [-0.2, -0.15) is 9.29 Å². The number of hydrogen-bond acceptors (Lipinski definition) is 7. The minimum atomic E-state index is -3.68. The predicted molar refractivity (Wildman–Crippen MR) is 152 cm³/mol. The molecule has 2 saturated heterocycles. The quantitative estimate of drug-likeness (QED) is 0.345. The number of aliphatic hydroxyl groups is 1. The lowest BCUT2D eigenvalue weighted by Gasteiger charge is -2.40. The Morgan fingerprint density at radius 3 is 2.58 bits per heavy atom. The molecule has 0 unspecified atom stereocenters. The Bertz CT molecular complexity index is 1620. The van der Waals surface area contributed by atoms with Gasteiger partial charge < -0.3 is 15.0 Å². The van der Waals surface area contributed by atoms with E-state index < -0.39 is 15.6 Å². The number of aromatic nitrogens is 3. The third kappa shape index (κ3) is 5.22. The van der Waals surface area contributed by atoms with Gasteiger partial charge in [-0.25, -0.2) is 17.8 Å². The molecule has 11 heteroatoms. The first-order valence-corrected chi connectivity index (χ1v) is 15.1. The van der Waals surface area contributed by atoms with Crippen LogP contribution in [0.1, 0.15) is 32.6 Å². The molecule has 0 aliphatic carbocycles. The number of nitrogens with one attached hydrogen (secondary N) is 1. The Balaban J connectivity index is 1.12. The van der Waals surface area contributed by atoms with Crippen LogP contribution in [-0.2, 0) is 10.0 Å². The second kappa shape index (κ2) is 10.5. The second-order valence-electron chi connectivity index (χ2n) is 10.8. The largest absolute Gasteiger partial charge is 0.388 e. The molecule has 6 rings (SSSR count). The molecule has 2 aromatic carbocycles. The first kappa shape index (κ1) is 26.8. The molecule has 210 valence electrons. The summed E-state index contributed by atoms with van der Waals surface area (Å²) in [5.41, 5.74) is 0.474. The summed E-state index contributed by atoms with van der Waals surface area (Å²) in [6, 6.07) is 15.3. The number of nitrogens with zero attached hydrogens (tertiary/aromatic N) is 5. The van der Waals surface area contributed by atoms with Crippen molar-refractivity contribution >= 4 is 32.6 Å². The van der Waals surface area contributed by atoms with Gasteiger partial charge in [0.15, 0.2) is 0 Å². The van der Waals surface area contributed by atoms with Gasteiger partial charge in [0, 0.05) is 49.1 Å². The molecule has 2 aromatic heterocycles. The first-order valence-electron chi connectivity index (χ1n) is 13.6. The third-order valence-electron chi connectivity index (χ3n) is 8.16. The fourth-order valence-corrected chi connectivity index (χ4v) is 7.21. The van der Waals surface area contributed by atoms with Crippen LogP contribution < -0.4 is 5.32 Å². The molecule has 1 atom stereocenters. The molecule has 40 heavy (non-hydrogen) atoms. The van der Waals surface area contributed by atoms with E-state index in [0.29, 0.717) is 66.9 Å². The number of sulfonamides is 1. The van der Waals surface area contributed by atoms with E-state index in [2.05, 4.69) is 27.1 Å². The molecule has 0 saturated carbocycles. The molecular formula is C29H33FN6O3S. The molecule has 0 spiro atoms. The maximum absolute atomic E-state index is 14.1. The van der Waals surface area contributed by atoms with Crippen LogP contribution in [-0.4, -0.2) is 75.1 Å². The highest BCUT2D eigenvalue weighted by molar-refractivity contribution is 7.89. The van der Waals surface area contributed by atoms with Gasteiger partial charge in [-0.15, -0.1) is 0 Å². The lowest BCUT2D eigenvalue weighted by molar-refractivity contribution is -0.0342. The SMILES string of the molecule is C[C@H]1CCCN1CC1(O)CCN(S(=O)(=O)c2ccc(Nc3nccc(-n4ccc5c(F)cccc54)n3)cc2)CC1. The summed E-state index contributed by atoms with van der Waals surface area (Å²) in [4.78, 5) is 11.3. The molecule has 0 radical (unpaired) electrons. The zero-order chi connectivity index (χ0) is 27.9. The van der Waals surface area contributed by atoms with Crippen molar-refractivity contribution in [2.24, 2.45) is 0 Å². The van der Waals surface area contributed by atoms with Crippen LogP contribution in [0.15, 0.2) is 71.9 Å². The third-order valence-corrected chi connectivity index (χ3v) is 10.1. The van der Waals surface area contributed by atoms with E-state index in [9.17, 15) is 17.9 Å². The molecule has 4 aromatic rings. The van der Waals surface area contributed by atoms with Crippen LogP contribution in [0.5, 0.6) is 0 Å². The van der Waals surface area contributed by atoms with Gasteiger partial charge in [0.05, 0.1) is 16.0 Å². The number of fused-ring (bicyclic) bond motifs is 1. The smallest absolute Gasteiger partial charge is 0.243 e. The molecule has 2 aliphatic rings. The molecule has 2 fully saturated rings. The minimum Gasteiger partial charge on any atom is -0.388 e. The van der Waals surface area contributed by atoms with E-state index >= 15 is 0 Å². The summed E-state index contributed by atoms with van der Waals surface area (Å²) >= 11 is 0. The van der Waals surface area contributed by atoms with Crippen LogP contribution in [0.3, 0.4) is 0 Å². The highest BCUT2D eigenvalue weighted by Crippen LogP contribution is 2.30. The Labute approximate surface area is 233 Å². The van der Waals surface area contributed by atoms with Crippen LogP contribution in [0.2, 0.25) is 0 Å². The van der Waals surface area contributed by atoms with E-state index in [1.54, 1.807) is 59.4 Å². The van der Waals surface area contributed by atoms with E-state index in [-0.39, 0.29) is 10.7 Å². The minimum absolute atomic E-state index is 0.201. The van der Waals surface area contributed by atoms with E-state index in [4.69, 9.17) is 0 Å². The van der Waals surface area contributed by atoms with Gasteiger partial charge in [-0.3, -0.25) is 4.90 Å². The zero-order valence-electron chi connectivity index (χ0n) is 22.4. The Hall–Kier alpha value is -3.38. The number of likely N-dealkylation sites (tertiary alicyclic amines) is 1. The molecule has 9 nitrogen and oxygen atoms in total. The number of halogens is 1. The van der Waals surface area contributed by atoms with Crippen LogP contribution in [0.4, 0.5) is 16.0 Å². The molecule has 0 bridgehead atoms. The topological polar surface area (TPSA) is 104 Å². The predicted octanol–water partition coefficient (Wildman–Crippen LogP) is 4.30. The van der Waals surface area contributed by atoms with Crippen molar-refractivity contribution in [3.05, 3.63) is 72.8 Å². The van der Waals surface area contributed by atoms with Crippen molar-refractivity contribution in [3.8, 4) is 5.82 Å². The summed E-state index contributed by atoms with van der Waals surface area (Å²) in [5.74, 6) is 0.603. The normalized spacial score (nSPS) is 20.2. The van der Waals surface area contributed by atoms with Crippen molar-refractivity contribution in [2.75, 3.05) is 31.5 Å². The summed E-state index contributed by atoms with van der Waals surface area (Å²) in [6.45, 7) is 4.36. The Kier molecular flexibility index (Phi) is 7.07. The van der Waals surface area contributed by atoms with Crippen LogP contribution in [0.25, 0.3) is 16.7 Å². The monoisotopic (exact) mass is 564 g/mol. The Morgan fingerprint density at radius 2 is 1.85 bits per heavy atom. The van der Waals surface area contributed by atoms with Crippen molar-refractivity contribution in [1.29, 1.82) is 0 Å². The number of rotatable bonds is 7. The standard InChI is InChI=1S/C29H33FN6O3S/c1-21-4-3-16-34(21)20-29(37)13-18-35(19-14-29)40(38,39)23-9-7-22(8-10-23)32-28-31-15-11-27(33-28)36-17-12-24-25(30)5-2-6-26(24)36/h2,5-12,15,17,21,37H,3-4,13-14,16,18-20H2,1H3,(H,31,32,33)/t21-/m0/s1. The number of β-amino-alcohol motifs (C(OH)–C–C–N with tert-alkyl or cyclic N) is 1. The molecule has 2 N–H and O–H groups in total. The molecular weight excluding hydrogens is 531 g/mol. The Morgan fingerprint density at radius 1 is 1.07 bits per heavy atom. The van der Waals surface area contributed by atoms with Crippen molar-refractivity contribution in [1.82, 2.24) is 23.7 Å². The number of anilines is 2. The highest BCUT2D eigenvalue weighted by Gasteiger charge is 2.39. The van der Waals surface area contributed by atoms with Crippen molar-refractivity contribution < 1.29 is 17.9 Å². The maximum Gasteiger partial charge on any atom is 0.243 e. The van der Waals surface area contributed by atoms with E-state index in [1.807, 2.05) is 6.07 Å². The van der Waals surface area contributed by atoms with Gasteiger partial charge >= 0.3 is 0 Å². The first-order chi connectivity index (χ1) is 19.2. The average Bonchev–Trinajstić information content (AvgIpc) is 3.56. The number of benzene rings is 2. The maximum atomic E-state index is 14.1. The summed E-state index contributed by atoms with van der Waals surface area (Å²) in [6.07, 6.45) is 6.50. The summed E-state index contributed by atoms with van der Waals surface area (Å²) in [7, 11) is -3.68. The fourth-order valence-electron chi connectivity index (χ4n) is 5.77. The van der Waals surface area contributed by atoms with Crippen LogP contribution >= 0.6 is 0 Å². The van der Waals surface area contributed by atoms with Gasteiger partial charge in [0.25, 0.3) is 0 Å². The van der Waals surface area contributed by atoms with Crippen molar-refractivity contribution in [2.45, 2.75) is 49.1 Å². The van der Waals surface area contributed by atoms with Gasteiger partial charge in [0.1, 0.15) is 11.6 Å². The second-order valence-corrected chi connectivity index (χ2v) is 12.8. The lowest BCUT2D eigenvalue weighted by Crippen LogP contribution is -2.52. The zero-order valence-corrected chi connectivity index (χ0v) is 23.2. The summed E-state index contributed by atoms with van der Waals surface area (Å²) < 4.78 is 44.0. The van der Waals surface area contributed by atoms with E-state index in [0.717, 1.165) is 19.4 Å². The summed E-state index contributed by atoms with van der Waals surface area (Å²) in [5, 5.41) is 14.7. The van der Waals surface area contributed by atoms with Gasteiger partial charge in [0.2, 0.25) is 16.0 Å². The highest BCUT2D eigenvalue weighted by atomic mass is 32.2. The number of hydrogen-bond donors (Lipinski definition) is 2. The van der Waals surface area contributed by atoms with Crippen LogP contribution in [0, 0.1) is 5.82 Å². The van der Waals surface area contributed by atoms with Gasteiger partial charge in [-0.1, -0.05) is 6.07 Å².